The predicted octanol–water partition coefficient (Wildman–Crippen LogP) is 0.0237. The molecule has 0 aromatic heterocycles. The smallest absolute Gasteiger partial charge is 0.529 e. The van der Waals surface area contributed by atoms with Crippen LogP contribution >= 0.6 is 0 Å². The van der Waals surface area contributed by atoms with Crippen molar-refractivity contribution in [1.82, 2.24) is 4.72 Å². The fraction of sp³-hybridized carbons (Fsp3) is 0.176. The minimum Gasteiger partial charge on any atom is -0.529 e. The summed E-state index contributed by atoms with van der Waals surface area (Å²) in [6, 6.07) is 15.2. The van der Waals surface area contributed by atoms with Gasteiger partial charge in [-0.15, -0.1) is 6.07 Å². The molecule has 5 heteroatoms. The standard InChI is InChI=1S/C17H17NO2S.K/c1-13-6-8-17(9-7-13)21(20)18-11-10-14(2)15-4-3-5-16(19)12-15;/h2-3,5-9,12,18-19H,10-11H2,1H3;/q-2;+1. The number of hydrogen-bond donors (Lipinski definition) is 2. The van der Waals surface area contributed by atoms with E-state index in [0.717, 1.165) is 10.5 Å². The zero-order valence-corrected chi connectivity index (χ0v) is 16.7. The van der Waals surface area contributed by atoms with E-state index in [9.17, 15) is 9.32 Å². The molecule has 110 valence electrons. The maximum atomic E-state index is 12.0. The first-order chi connectivity index (χ1) is 10.1. The number of nitrogens with one attached hydrogen (secondary N) is 1. The molecule has 1 atom stereocenters. The van der Waals surface area contributed by atoms with Crippen molar-refractivity contribution in [2.45, 2.75) is 18.2 Å². The van der Waals surface area contributed by atoms with Crippen LogP contribution in [0.25, 0.3) is 5.57 Å². The van der Waals surface area contributed by atoms with Crippen molar-refractivity contribution in [2.75, 3.05) is 6.54 Å². The van der Waals surface area contributed by atoms with Gasteiger partial charge in [-0.1, -0.05) is 24.1 Å². The second kappa shape index (κ2) is 9.77. The van der Waals surface area contributed by atoms with Crippen LogP contribution in [0.1, 0.15) is 17.5 Å². The molecule has 0 amide bonds. The van der Waals surface area contributed by atoms with E-state index in [2.05, 4.69) is 10.8 Å². The summed E-state index contributed by atoms with van der Waals surface area (Å²) >= 11 is 0. The van der Waals surface area contributed by atoms with Crippen LogP contribution in [0.2, 0.25) is 0 Å². The maximum absolute atomic E-state index is 12.0. The third kappa shape index (κ3) is 6.08. The molecule has 2 N–H and O–H groups in total. The molecular formula is C17H17KNO2S-. The Morgan fingerprint density at radius 1 is 1.32 bits per heavy atom. The number of hydrogen-bond acceptors (Lipinski definition) is 2. The Bertz CT molecular complexity index is 656. The van der Waals surface area contributed by atoms with E-state index in [1.54, 1.807) is 18.2 Å². The molecule has 0 aliphatic carbocycles. The van der Waals surface area contributed by atoms with Gasteiger partial charge in [-0.05, 0) is 19.1 Å². The van der Waals surface area contributed by atoms with Gasteiger partial charge in [-0.25, -0.2) is 15.0 Å². The molecule has 0 bridgehead atoms. The van der Waals surface area contributed by atoms with Crippen LogP contribution < -0.4 is 56.1 Å². The Labute approximate surface area is 176 Å². The first kappa shape index (κ1) is 19.8. The molecule has 1 unspecified atom stereocenters. The molecule has 0 heterocycles. The first-order valence-corrected chi connectivity index (χ1v) is 7.75. The summed E-state index contributed by atoms with van der Waals surface area (Å²) in [4.78, 5) is 0.739. The monoisotopic (exact) mass is 338 g/mol. The van der Waals surface area contributed by atoms with Crippen LogP contribution in [0.15, 0.2) is 47.4 Å². The zero-order valence-electron chi connectivity index (χ0n) is 12.8. The van der Waals surface area contributed by atoms with Crippen LogP contribution in [0, 0.1) is 19.6 Å². The largest absolute Gasteiger partial charge is 1.00 e. The van der Waals surface area contributed by atoms with Crippen LogP contribution in [0.5, 0.6) is 5.75 Å². The fourth-order valence-corrected chi connectivity index (χ4v) is 2.64. The van der Waals surface area contributed by atoms with Gasteiger partial charge in [0.05, 0.1) is 4.90 Å². The maximum Gasteiger partial charge on any atom is 1.00 e. The zero-order chi connectivity index (χ0) is 15.2. The van der Waals surface area contributed by atoms with E-state index >= 15 is 0 Å². The van der Waals surface area contributed by atoms with Crippen molar-refractivity contribution in [3.8, 4) is 5.75 Å². The van der Waals surface area contributed by atoms with E-state index in [0.29, 0.717) is 24.1 Å². The summed E-state index contributed by atoms with van der Waals surface area (Å²) in [5.74, 6) is 0.155. The normalized spacial score (nSPS) is 11.5. The quantitative estimate of drug-likeness (QED) is 0.576. The molecule has 0 radical (unpaired) electrons. The third-order valence-electron chi connectivity index (χ3n) is 2.99. The van der Waals surface area contributed by atoms with Crippen LogP contribution in [-0.2, 0) is 11.0 Å². The van der Waals surface area contributed by atoms with Crippen molar-refractivity contribution in [2.24, 2.45) is 0 Å². The molecule has 0 aliphatic rings. The number of benzene rings is 2. The summed E-state index contributed by atoms with van der Waals surface area (Å²) in [7, 11) is -1.25. The van der Waals surface area contributed by atoms with Gasteiger partial charge in [-0.2, -0.15) is 12.1 Å². The minimum absolute atomic E-state index is 0. The Morgan fingerprint density at radius 3 is 2.64 bits per heavy atom. The fourth-order valence-electron chi connectivity index (χ4n) is 1.80. The van der Waals surface area contributed by atoms with Crippen molar-refractivity contribution < 1.29 is 60.7 Å². The van der Waals surface area contributed by atoms with Crippen LogP contribution in [0.4, 0.5) is 0 Å². The molecule has 0 spiro atoms. The van der Waals surface area contributed by atoms with Gasteiger partial charge in [0.15, 0.2) is 0 Å². The van der Waals surface area contributed by atoms with Crippen molar-refractivity contribution in [3.05, 3.63) is 66.2 Å². The van der Waals surface area contributed by atoms with E-state index in [-0.39, 0.29) is 57.1 Å². The van der Waals surface area contributed by atoms with Crippen molar-refractivity contribution >= 4 is 16.6 Å². The molecule has 22 heavy (non-hydrogen) atoms. The number of aromatic hydroxyl groups is 1. The van der Waals surface area contributed by atoms with E-state index < -0.39 is 11.0 Å². The van der Waals surface area contributed by atoms with Gasteiger partial charge in [0.1, 0.15) is 11.0 Å². The summed E-state index contributed by atoms with van der Waals surface area (Å²) in [5, 5.41) is 9.39. The minimum atomic E-state index is -1.25. The molecule has 2 rings (SSSR count). The summed E-state index contributed by atoms with van der Waals surface area (Å²) in [6.07, 6.45) is 0.525. The predicted molar refractivity (Wildman–Crippen MR) is 84.9 cm³/mol. The molecule has 2 aromatic carbocycles. The molecule has 3 nitrogen and oxygen atoms in total. The summed E-state index contributed by atoms with van der Waals surface area (Å²) < 4.78 is 15.0. The Hall–Kier alpha value is -0.274. The Morgan fingerprint density at radius 2 is 2.00 bits per heavy atom. The number of aryl methyl sites for hydroxylation is 1. The Balaban J connectivity index is 0.00000242. The first-order valence-electron chi connectivity index (χ1n) is 6.60. The topological polar surface area (TPSA) is 49.3 Å². The van der Waals surface area contributed by atoms with Crippen LogP contribution in [0.3, 0.4) is 0 Å². The van der Waals surface area contributed by atoms with Gasteiger partial charge in [-0.3, -0.25) is 5.56 Å². The van der Waals surface area contributed by atoms with E-state index in [1.807, 2.05) is 31.2 Å². The van der Waals surface area contributed by atoms with Gasteiger partial charge < -0.3 is 17.3 Å². The number of phenolic OH excluding ortho intramolecular Hbond substituents is 1. The Kier molecular flexibility index (Phi) is 8.78. The van der Waals surface area contributed by atoms with Gasteiger partial charge in [0, 0.05) is 12.3 Å². The number of rotatable bonds is 6. The molecule has 0 aliphatic heterocycles. The molecule has 0 saturated heterocycles. The third-order valence-corrected chi connectivity index (χ3v) is 4.16. The second-order valence-electron chi connectivity index (χ2n) is 4.71. The summed E-state index contributed by atoms with van der Waals surface area (Å²) in [6.45, 7) is 8.41. The van der Waals surface area contributed by atoms with E-state index in [1.165, 1.54) is 0 Å². The van der Waals surface area contributed by atoms with Crippen molar-refractivity contribution in [3.63, 3.8) is 0 Å². The summed E-state index contributed by atoms with van der Waals surface area (Å²) in [5.41, 5.74) is 2.39. The van der Waals surface area contributed by atoms with Gasteiger partial charge in [0.2, 0.25) is 0 Å². The van der Waals surface area contributed by atoms with Crippen molar-refractivity contribution in [1.29, 1.82) is 0 Å². The molecular weight excluding hydrogens is 321 g/mol. The van der Waals surface area contributed by atoms with E-state index in [4.69, 9.17) is 6.58 Å². The molecule has 0 fully saturated rings. The number of phenols is 1. The average Bonchev–Trinajstić information content (AvgIpc) is 2.47. The molecule has 2 aromatic rings. The average molecular weight is 338 g/mol. The van der Waals surface area contributed by atoms with Crippen LogP contribution in [-0.4, -0.2) is 15.9 Å². The second-order valence-corrected chi connectivity index (χ2v) is 6.01. The SMILES string of the molecule is [CH-]=C(CCNS(=O)c1ccc(C)cc1)c1[c-]ccc(O)c1.[K+]. The van der Waals surface area contributed by atoms with Gasteiger partial charge >= 0.3 is 51.4 Å². The van der Waals surface area contributed by atoms with Gasteiger partial charge in [0.25, 0.3) is 0 Å². The molecule has 0 saturated carbocycles.